The largest absolute Gasteiger partial charge is 0.481 e. The molecular formula is C17H25FN2O3S. The third-order valence-electron chi connectivity index (χ3n) is 3.73. The Hall–Kier alpha value is -1.50. The molecule has 2 rings (SSSR count). The van der Waals surface area contributed by atoms with Gasteiger partial charge in [0.15, 0.2) is 5.50 Å². The number of nitrogens with zero attached hydrogens (tertiary/aromatic N) is 2. The van der Waals surface area contributed by atoms with Crippen LogP contribution in [0.2, 0.25) is 0 Å². The first-order valence-electron chi connectivity index (χ1n) is 8.07. The lowest BCUT2D eigenvalue weighted by molar-refractivity contribution is 0.0168. The van der Waals surface area contributed by atoms with E-state index < -0.39 is 11.1 Å². The summed E-state index contributed by atoms with van der Waals surface area (Å²) in [6.45, 7) is 6.58. The highest BCUT2D eigenvalue weighted by Crippen LogP contribution is 2.34. The van der Waals surface area contributed by atoms with Gasteiger partial charge in [-0.05, 0) is 39.7 Å². The first kappa shape index (κ1) is 18.8. The number of rotatable bonds is 4. The van der Waals surface area contributed by atoms with Crippen molar-refractivity contribution in [2.75, 3.05) is 20.2 Å². The number of thioether (sulfide) groups is 1. The highest BCUT2D eigenvalue weighted by molar-refractivity contribution is 7.99. The number of piperidine rings is 1. The molecule has 134 valence electrons. The molecule has 0 saturated carbocycles. The van der Waals surface area contributed by atoms with Crippen molar-refractivity contribution in [3.63, 3.8) is 0 Å². The van der Waals surface area contributed by atoms with E-state index in [0.717, 1.165) is 4.90 Å². The van der Waals surface area contributed by atoms with E-state index in [1.54, 1.807) is 30.3 Å². The van der Waals surface area contributed by atoms with Gasteiger partial charge in [-0.3, -0.25) is 0 Å². The topological polar surface area (TPSA) is 51.7 Å². The predicted molar refractivity (Wildman–Crippen MR) is 92.1 cm³/mol. The molecule has 0 N–H and O–H groups in total. The number of pyridine rings is 1. The third-order valence-corrected chi connectivity index (χ3v) is 4.85. The number of carbonyl (C=O) groups is 1. The average molecular weight is 356 g/mol. The molecule has 5 nitrogen and oxygen atoms in total. The van der Waals surface area contributed by atoms with E-state index in [1.165, 1.54) is 11.8 Å². The van der Waals surface area contributed by atoms with E-state index in [2.05, 4.69) is 4.98 Å². The summed E-state index contributed by atoms with van der Waals surface area (Å²) in [4.78, 5) is 18.5. The first-order chi connectivity index (χ1) is 11.3. The molecule has 1 aromatic heterocycles. The van der Waals surface area contributed by atoms with E-state index in [1.807, 2.05) is 20.8 Å². The summed E-state index contributed by atoms with van der Waals surface area (Å²) < 4.78 is 24.9. The zero-order chi connectivity index (χ0) is 17.7. The van der Waals surface area contributed by atoms with Gasteiger partial charge in [0.1, 0.15) is 5.60 Å². The van der Waals surface area contributed by atoms with Crippen LogP contribution >= 0.6 is 11.8 Å². The zero-order valence-corrected chi connectivity index (χ0v) is 15.4. The molecule has 0 aliphatic carbocycles. The fraction of sp³-hybridized carbons (Fsp3) is 0.647. The fourth-order valence-corrected chi connectivity index (χ4v) is 3.44. The number of alkyl halides is 1. The maximum atomic E-state index is 14.5. The number of likely N-dealkylation sites (tertiary alicyclic amines) is 1. The Bertz CT molecular complexity index is 540. The minimum Gasteiger partial charge on any atom is -0.481 e. The standard InChI is InChI=1S/C17H25FN2O3S/c1-17(2,3)23-16(21)20-9-7-12(8-10-20)15(18)24-13-5-6-14(22-4)19-11-13/h5-6,11-12,15H,7-10H2,1-4H3. The minimum absolute atomic E-state index is 0.0733. The van der Waals surface area contributed by atoms with Crippen molar-refractivity contribution in [3.8, 4) is 5.88 Å². The molecule has 1 saturated heterocycles. The molecule has 1 fully saturated rings. The van der Waals surface area contributed by atoms with Crippen molar-refractivity contribution in [2.45, 2.75) is 49.6 Å². The predicted octanol–water partition coefficient (Wildman–Crippen LogP) is 4.13. The summed E-state index contributed by atoms with van der Waals surface area (Å²) in [6, 6.07) is 3.53. The van der Waals surface area contributed by atoms with E-state index >= 15 is 0 Å². The van der Waals surface area contributed by atoms with Crippen LogP contribution in [-0.4, -0.2) is 47.3 Å². The molecule has 1 atom stereocenters. The summed E-state index contributed by atoms with van der Waals surface area (Å²) in [5.74, 6) is 0.441. The van der Waals surface area contributed by atoms with Gasteiger partial charge < -0.3 is 14.4 Å². The number of hydrogen-bond donors (Lipinski definition) is 0. The maximum absolute atomic E-state index is 14.5. The van der Waals surface area contributed by atoms with Gasteiger partial charge in [-0.2, -0.15) is 0 Å². The molecule has 1 aliphatic rings. The van der Waals surface area contributed by atoms with Crippen LogP contribution in [0.25, 0.3) is 0 Å². The lowest BCUT2D eigenvalue weighted by Gasteiger charge is -2.34. The van der Waals surface area contributed by atoms with Crippen LogP contribution in [0.15, 0.2) is 23.2 Å². The number of aromatic nitrogens is 1. The first-order valence-corrected chi connectivity index (χ1v) is 8.95. The van der Waals surface area contributed by atoms with E-state index in [-0.39, 0.29) is 12.0 Å². The van der Waals surface area contributed by atoms with Gasteiger partial charge in [0.2, 0.25) is 5.88 Å². The molecule has 1 amide bonds. The highest BCUT2D eigenvalue weighted by atomic mass is 32.2. The number of ether oxygens (including phenoxy) is 2. The monoisotopic (exact) mass is 356 g/mol. The van der Waals surface area contributed by atoms with Crippen LogP contribution < -0.4 is 4.74 Å². The van der Waals surface area contributed by atoms with Crippen LogP contribution in [0.3, 0.4) is 0 Å². The Morgan fingerprint density at radius 2 is 2.04 bits per heavy atom. The molecule has 0 aromatic carbocycles. The molecule has 1 aromatic rings. The van der Waals surface area contributed by atoms with Gasteiger partial charge >= 0.3 is 6.09 Å². The number of hydrogen-bond acceptors (Lipinski definition) is 5. The van der Waals surface area contributed by atoms with Gasteiger partial charge in [-0.25, -0.2) is 14.2 Å². The highest BCUT2D eigenvalue weighted by Gasteiger charge is 2.31. The summed E-state index contributed by atoms with van der Waals surface area (Å²) in [5, 5.41) is 0. The summed E-state index contributed by atoms with van der Waals surface area (Å²) in [6.07, 6.45) is 2.57. The second-order valence-electron chi connectivity index (χ2n) is 6.81. The van der Waals surface area contributed by atoms with Gasteiger partial charge in [0.25, 0.3) is 0 Å². The van der Waals surface area contributed by atoms with Crippen molar-refractivity contribution in [2.24, 2.45) is 5.92 Å². The van der Waals surface area contributed by atoms with Crippen LogP contribution in [-0.2, 0) is 4.74 Å². The van der Waals surface area contributed by atoms with Crippen LogP contribution in [0.4, 0.5) is 9.18 Å². The number of methoxy groups -OCH3 is 1. The van der Waals surface area contributed by atoms with E-state index in [9.17, 15) is 9.18 Å². The smallest absolute Gasteiger partial charge is 0.410 e. The Morgan fingerprint density at radius 1 is 1.38 bits per heavy atom. The molecular weight excluding hydrogens is 331 g/mol. The second kappa shape index (κ2) is 8.05. The lowest BCUT2D eigenvalue weighted by Crippen LogP contribution is -2.42. The molecule has 2 heterocycles. The molecule has 0 spiro atoms. The number of carbonyl (C=O) groups excluding carboxylic acids is 1. The second-order valence-corrected chi connectivity index (χ2v) is 7.97. The Labute approximate surface area is 146 Å². The van der Waals surface area contributed by atoms with Gasteiger partial charge in [0, 0.05) is 36.2 Å². The van der Waals surface area contributed by atoms with Crippen LogP contribution in [0.1, 0.15) is 33.6 Å². The average Bonchev–Trinajstić information content (AvgIpc) is 2.54. The summed E-state index contributed by atoms with van der Waals surface area (Å²) >= 11 is 1.17. The summed E-state index contributed by atoms with van der Waals surface area (Å²) in [7, 11) is 1.55. The molecule has 7 heteroatoms. The van der Waals surface area contributed by atoms with E-state index in [4.69, 9.17) is 9.47 Å². The van der Waals surface area contributed by atoms with Crippen molar-refractivity contribution in [3.05, 3.63) is 18.3 Å². The van der Waals surface area contributed by atoms with Crippen molar-refractivity contribution in [1.82, 2.24) is 9.88 Å². The maximum Gasteiger partial charge on any atom is 0.410 e. The molecule has 24 heavy (non-hydrogen) atoms. The number of amides is 1. The minimum atomic E-state index is -1.01. The quantitative estimate of drug-likeness (QED) is 0.760. The fourth-order valence-electron chi connectivity index (χ4n) is 2.45. The third kappa shape index (κ3) is 5.54. The van der Waals surface area contributed by atoms with Crippen LogP contribution in [0.5, 0.6) is 5.88 Å². The Morgan fingerprint density at radius 3 is 2.54 bits per heavy atom. The lowest BCUT2D eigenvalue weighted by atomic mass is 9.98. The number of halogens is 1. The van der Waals surface area contributed by atoms with Gasteiger partial charge in [-0.15, -0.1) is 0 Å². The van der Waals surface area contributed by atoms with Gasteiger partial charge in [-0.1, -0.05) is 11.8 Å². The van der Waals surface area contributed by atoms with Crippen LogP contribution in [0, 0.1) is 5.92 Å². The Kier molecular flexibility index (Phi) is 6.32. The van der Waals surface area contributed by atoms with Crippen molar-refractivity contribution in [1.29, 1.82) is 0 Å². The zero-order valence-electron chi connectivity index (χ0n) is 14.6. The molecule has 0 radical (unpaired) electrons. The van der Waals surface area contributed by atoms with Crippen molar-refractivity contribution >= 4 is 17.9 Å². The van der Waals surface area contributed by atoms with Crippen molar-refractivity contribution < 1.29 is 18.7 Å². The Balaban J connectivity index is 1.81. The normalized spacial score (nSPS) is 17.5. The summed E-state index contributed by atoms with van der Waals surface area (Å²) in [5.41, 5.74) is -1.52. The van der Waals surface area contributed by atoms with Gasteiger partial charge in [0.05, 0.1) is 7.11 Å². The molecule has 1 unspecified atom stereocenters. The molecule has 1 aliphatic heterocycles. The van der Waals surface area contributed by atoms with E-state index in [0.29, 0.717) is 31.8 Å². The SMILES string of the molecule is COc1ccc(SC(F)C2CCN(C(=O)OC(C)(C)C)CC2)cn1. The molecule has 0 bridgehead atoms.